The molecule has 0 amide bonds. The quantitative estimate of drug-likeness (QED) is 0.928. The van der Waals surface area contributed by atoms with Gasteiger partial charge in [0, 0.05) is 25.0 Å². The summed E-state index contributed by atoms with van der Waals surface area (Å²) < 4.78 is 24.8. The number of hydrogen-bond acceptors (Lipinski definition) is 4. The summed E-state index contributed by atoms with van der Waals surface area (Å²) in [5, 5.41) is 7.22. The second-order valence-corrected chi connectivity index (χ2v) is 7.91. The lowest BCUT2D eigenvalue weighted by atomic mass is 9.96. The van der Waals surface area contributed by atoms with Crippen LogP contribution in [0.2, 0.25) is 0 Å². The zero-order valence-electron chi connectivity index (χ0n) is 12.8. The van der Waals surface area contributed by atoms with Gasteiger partial charge >= 0.3 is 0 Å². The van der Waals surface area contributed by atoms with Crippen LogP contribution in [0.3, 0.4) is 0 Å². The van der Waals surface area contributed by atoms with Crippen molar-refractivity contribution in [3.05, 3.63) is 35.7 Å². The van der Waals surface area contributed by atoms with Gasteiger partial charge in [0.1, 0.15) is 5.69 Å². The average Bonchev–Trinajstić information content (AvgIpc) is 3.08. The highest BCUT2D eigenvalue weighted by Crippen LogP contribution is 2.27. The van der Waals surface area contributed by atoms with Crippen LogP contribution in [0.5, 0.6) is 0 Å². The number of nitrogens with zero attached hydrogens (tertiary/aromatic N) is 3. The fraction of sp³-hybridized carbons (Fsp3) is 0.467. The van der Waals surface area contributed by atoms with Crippen molar-refractivity contribution < 1.29 is 8.42 Å². The Kier molecular flexibility index (Phi) is 4.01. The molecule has 1 N–H and O–H groups in total. The van der Waals surface area contributed by atoms with E-state index in [-0.39, 0.29) is 0 Å². The van der Waals surface area contributed by atoms with E-state index in [9.17, 15) is 8.42 Å². The van der Waals surface area contributed by atoms with Gasteiger partial charge in [-0.3, -0.25) is 10.1 Å². The summed E-state index contributed by atoms with van der Waals surface area (Å²) in [6, 6.07) is 5.94. The van der Waals surface area contributed by atoms with Gasteiger partial charge in [-0.1, -0.05) is 6.07 Å². The molecule has 2 aromatic rings. The molecular weight excluding hydrogens is 300 g/mol. The first-order chi connectivity index (χ1) is 10.4. The molecule has 0 unspecified atom stereocenters. The van der Waals surface area contributed by atoms with Crippen LogP contribution in [-0.4, -0.2) is 47.2 Å². The van der Waals surface area contributed by atoms with Crippen LogP contribution >= 0.6 is 0 Å². The van der Waals surface area contributed by atoms with Crippen molar-refractivity contribution >= 4 is 10.0 Å². The number of aromatic nitrogens is 3. The van der Waals surface area contributed by atoms with Crippen LogP contribution in [-0.2, 0) is 16.4 Å². The minimum Gasteiger partial charge on any atom is -0.282 e. The molecule has 0 spiro atoms. The minimum absolute atomic E-state index is 0.331. The molecule has 0 saturated carbocycles. The van der Waals surface area contributed by atoms with Gasteiger partial charge in [-0.15, -0.1) is 0 Å². The normalized spacial score (nSPS) is 19.6. The Labute approximate surface area is 130 Å². The Bertz CT molecular complexity index is 769. The molecule has 0 aliphatic carbocycles. The molecule has 3 rings (SSSR count). The Morgan fingerprint density at radius 1 is 1.45 bits per heavy atom. The van der Waals surface area contributed by atoms with E-state index in [1.54, 1.807) is 10.5 Å². The van der Waals surface area contributed by atoms with Crippen LogP contribution in [0.25, 0.3) is 11.4 Å². The van der Waals surface area contributed by atoms with Crippen LogP contribution in [0, 0.1) is 12.8 Å². The van der Waals surface area contributed by atoms with Crippen molar-refractivity contribution in [2.45, 2.75) is 19.8 Å². The number of sulfonamides is 1. The predicted octanol–water partition coefficient (Wildman–Crippen LogP) is 1.60. The average molecular weight is 320 g/mol. The summed E-state index contributed by atoms with van der Waals surface area (Å²) in [6.45, 7) is 3.16. The zero-order chi connectivity index (χ0) is 15.7. The van der Waals surface area contributed by atoms with E-state index in [0.29, 0.717) is 19.0 Å². The predicted molar refractivity (Wildman–Crippen MR) is 84.8 cm³/mol. The molecule has 0 radical (unpaired) electrons. The SMILES string of the molecule is Cc1cc(-c2ncccc2C[C@H]2CCN(S(C)(=O)=O)C2)n[nH]1. The molecule has 1 fully saturated rings. The van der Waals surface area contributed by atoms with Crippen LogP contribution in [0.15, 0.2) is 24.4 Å². The first kappa shape index (κ1) is 15.2. The van der Waals surface area contributed by atoms with Gasteiger partial charge in [0.05, 0.1) is 11.9 Å². The van der Waals surface area contributed by atoms with Gasteiger partial charge in [0.25, 0.3) is 0 Å². The van der Waals surface area contributed by atoms with Crippen molar-refractivity contribution in [1.29, 1.82) is 0 Å². The number of nitrogens with one attached hydrogen (secondary N) is 1. The second-order valence-electron chi connectivity index (χ2n) is 5.93. The molecule has 1 atom stereocenters. The molecule has 1 aliphatic rings. The summed E-state index contributed by atoms with van der Waals surface area (Å²) in [7, 11) is -3.09. The minimum atomic E-state index is -3.09. The Morgan fingerprint density at radius 2 is 2.27 bits per heavy atom. The van der Waals surface area contributed by atoms with Gasteiger partial charge in [-0.2, -0.15) is 5.10 Å². The summed E-state index contributed by atoms with van der Waals surface area (Å²) in [6.07, 6.45) is 4.75. The number of aryl methyl sites for hydroxylation is 1. The highest BCUT2D eigenvalue weighted by molar-refractivity contribution is 7.88. The smallest absolute Gasteiger partial charge is 0.211 e. The lowest BCUT2D eigenvalue weighted by Gasteiger charge is -2.14. The number of aromatic amines is 1. The summed E-state index contributed by atoms with van der Waals surface area (Å²) >= 11 is 0. The van der Waals surface area contributed by atoms with Gasteiger partial charge in [-0.25, -0.2) is 12.7 Å². The molecule has 2 aromatic heterocycles. The summed E-state index contributed by atoms with van der Waals surface area (Å²) in [4.78, 5) is 4.46. The maximum Gasteiger partial charge on any atom is 0.211 e. The van der Waals surface area contributed by atoms with Gasteiger partial charge in [0.2, 0.25) is 10.0 Å². The molecule has 1 saturated heterocycles. The lowest BCUT2D eigenvalue weighted by molar-refractivity contribution is 0.460. The number of hydrogen-bond donors (Lipinski definition) is 1. The van der Waals surface area contributed by atoms with Crippen molar-refractivity contribution in [3.63, 3.8) is 0 Å². The molecule has 7 heteroatoms. The van der Waals surface area contributed by atoms with E-state index >= 15 is 0 Å². The third-order valence-electron chi connectivity index (χ3n) is 4.07. The van der Waals surface area contributed by atoms with E-state index in [1.807, 2.05) is 19.1 Å². The van der Waals surface area contributed by atoms with Crippen molar-refractivity contribution in [2.24, 2.45) is 5.92 Å². The third kappa shape index (κ3) is 3.20. The first-order valence-electron chi connectivity index (χ1n) is 7.35. The molecule has 118 valence electrons. The van der Waals surface area contributed by atoms with E-state index in [4.69, 9.17) is 0 Å². The van der Waals surface area contributed by atoms with Crippen LogP contribution < -0.4 is 0 Å². The summed E-state index contributed by atoms with van der Waals surface area (Å²) in [5.41, 5.74) is 3.83. The van der Waals surface area contributed by atoms with Gasteiger partial charge in [-0.05, 0) is 43.4 Å². The molecule has 0 bridgehead atoms. The molecular formula is C15H20N4O2S. The Hall–Kier alpha value is -1.73. The Balaban J connectivity index is 1.80. The number of rotatable bonds is 4. The monoisotopic (exact) mass is 320 g/mol. The number of pyridine rings is 1. The standard InChI is InChI=1S/C15H20N4O2S/c1-11-8-14(18-17-11)15-13(4-3-6-16-15)9-12-5-7-19(10-12)22(2,20)21/h3-4,6,8,12H,5,7,9-10H2,1-2H3,(H,17,18)/t12-/m1/s1. The highest BCUT2D eigenvalue weighted by atomic mass is 32.2. The van der Waals surface area contributed by atoms with Crippen molar-refractivity contribution in [2.75, 3.05) is 19.3 Å². The fourth-order valence-corrected chi connectivity index (χ4v) is 3.87. The molecule has 22 heavy (non-hydrogen) atoms. The molecule has 1 aliphatic heterocycles. The largest absolute Gasteiger partial charge is 0.282 e. The van der Waals surface area contributed by atoms with Gasteiger partial charge in [0.15, 0.2) is 0 Å². The van der Waals surface area contributed by atoms with Gasteiger partial charge < -0.3 is 0 Å². The van der Waals surface area contributed by atoms with Crippen LogP contribution in [0.4, 0.5) is 0 Å². The fourth-order valence-electron chi connectivity index (χ4n) is 2.95. The van der Waals surface area contributed by atoms with Crippen molar-refractivity contribution in [1.82, 2.24) is 19.5 Å². The zero-order valence-corrected chi connectivity index (χ0v) is 13.6. The highest BCUT2D eigenvalue weighted by Gasteiger charge is 2.29. The lowest BCUT2D eigenvalue weighted by Crippen LogP contribution is -2.27. The maximum absolute atomic E-state index is 11.6. The topological polar surface area (TPSA) is 79.0 Å². The molecule has 6 nitrogen and oxygen atoms in total. The number of H-pyrrole nitrogens is 1. The third-order valence-corrected chi connectivity index (χ3v) is 5.34. The van der Waals surface area contributed by atoms with E-state index in [0.717, 1.165) is 35.5 Å². The molecule has 3 heterocycles. The Morgan fingerprint density at radius 3 is 2.91 bits per heavy atom. The first-order valence-corrected chi connectivity index (χ1v) is 9.19. The second kappa shape index (κ2) is 5.81. The van der Waals surface area contributed by atoms with Crippen molar-refractivity contribution in [3.8, 4) is 11.4 Å². The summed E-state index contributed by atoms with van der Waals surface area (Å²) in [5.74, 6) is 0.331. The van der Waals surface area contributed by atoms with E-state index in [2.05, 4.69) is 21.2 Å². The molecule has 0 aromatic carbocycles. The van der Waals surface area contributed by atoms with Crippen LogP contribution in [0.1, 0.15) is 17.7 Å². The van der Waals surface area contributed by atoms with E-state index < -0.39 is 10.0 Å². The van der Waals surface area contributed by atoms with E-state index in [1.165, 1.54) is 6.26 Å². The maximum atomic E-state index is 11.6.